The van der Waals surface area contributed by atoms with Crippen LogP contribution in [0.5, 0.6) is 0 Å². The zero-order chi connectivity index (χ0) is 13.4. The van der Waals surface area contributed by atoms with Gasteiger partial charge in [-0.15, -0.1) is 0 Å². The summed E-state index contributed by atoms with van der Waals surface area (Å²) in [5.41, 5.74) is -0.00747. The van der Waals surface area contributed by atoms with Crippen molar-refractivity contribution in [1.29, 1.82) is 0 Å². The molecular formula is C14H26N2O2. The normalized spacial score (nSPS) is 26.2. The van der Waals surface area contributed by atoms with Gasteiger partial charge in [-0.1, -0.05) is 0 Å². The Kier molecular flexibility index (Phi) is 3.58. The Bertz CT molecular complexity index is 318. The van der Waals surface area contributed by atoms with Crippen LogP contribution in [0.15, 0.2) is 0 Å². The molecule has 4 heteroatoms. The van der Waals surface area contributed by atoms with Gasteiger partial charge in [-0.3, -0.25) is 0 Å². The molecule has 1 saturated heterocycles. The number of hydrogen-bond acceptors (Lipinski definition) is 3. The van der Waals surface area contributed by atoms with Crippen molar-refractivity contribution in [3.05, 3.63) is 0 Å². The van der Waals surface area contributed by atoms with Gasteiger partial charge in [0, 0.05) is 18.6 Å². The third-order valence-electron chi connectivity index (χ3n) is 4.00. The van der Waals surface area contributed by atoms with Crippen molar-refractivity contribution < 1.29 is 9.53 Å². The molecule has 1 saturated carbocycles. The summed E-state index contributed by atoms with van der Waals surface area (Å²) in [4.78, 5) is 13.8. The van der Waals surface area contributed by atoms with Gasteiger partial charge in [-0.05, 0) is 59.4 Å². The first-order valence-corrected chi connectivity index (χ1v) is 7.00. The number of nitrogens with one attached hydrogen (secondary N) is 1. The fourth-order valence-corrected chi connectivity index (χ4v) is 2.75. The first-order chi connectivity index (χ1) is 8.34. The van der Waals surface area contributed by atoms with Crippen molar-refractivity contribution in [2.24, 2.45) is 5.92 Å². The van der Waals surface area contributed by atoms with Gasteiger partial charge < -0.3 is 15.0 Å². The highest BCUT2D eigenvalue weighted by molar-refractivity contribution is 5.68. The van der Waals surface area contributed by atoms with Crippen LogP contribution in [-0.2, 0) is 4.74 Å². The van der Waals surface area contributed by atoms with E-state index in [9.17, 15) is 4.79 Å². The van der Waals surface area contributed by atoms with Crippen molar-refractivity contribution in [3.8, 4) is 0 Å². The topological polar surface area (TPSA) is 41.6 Å². The van der Waals surface area contributed by atoms with E-state index in [0.29, 0.717) is 11.5 Å². The first kappa shape index (κ1) is 13.7. The summed E-state index contributed by atoms with van der Waals surface area (Å²) < 4.78 is 5.41. The van der Waals surface area contributed by atoms with Crippen LogP contribution < -0.4 is 5.32 Å². The zero-order valence-corrected chi connectivity index (χ0v) is 12.1. The summed E-state index contributed by atoms with van der Waals surface area (Å²) in [6, 6.07) is 0. The molecule has 1 atom stereocenters. The average molecular weight is 254 g/mol. The minimum atomic E-state index is -0.391. The largest absolute Gasteiger partial charge is 0.444 e. The van der Waals surface area contributed by atoms with E-state index in [1.54, 1.807) is 0 Å². The summed E-state index contributed by atoms with van der Waals surface area (Å²) in [6.07, 6.45) is 4.73. The first-order valence-electron chi connectivity index (χ1n) is 7.00. The SMILES string of the molecule is CNC1(CC2CCN(C(=O)OC(C)(C)C)C2)CC1. The Balaban J connectivity index is 1.79. The Morgan fingerprint density at radius 3 is 2.61 bits per heavy atom. The van der Waals surface area contributed by atoms with E-state index in [0.717, 1.165) is 19.5 Å². The van der Waals surface area contributed by atoms with Gasteiger partial charge in [0.1, 0.15) is 5.60 Å². The predicted molar refractivity (Wildman–Crippen MR) is 71.6 cm³/mol. The minimum absolute atomic E-state index is 0.153. The lowest BCUT2D eigenvalue weighted by Crippen LogP contribution is -2.36. The van der Waals surface area contributed by atoms with Gasteiger partial charge in [0.05, 0.1) is 0 Å². The molecule has 2 fully saturated rings. The minimum Gasteiger partial charge on any atom is -0.444 e. The molecule has 4 nitrogen and oxygen atoms in total. The van der Waals surface area contributed by atoms with Gasteiger partial charge in [0.15, 0.2) is 0 Å². The molecule has 2 aliphatic rings. The fourth-order valence-electron chi connectivity index (χ4n) is 2.75. The van der Waals surface area contributed by atoms with Gasteiger partial charge in [0.2, 0.25) is 0 Å². The molecule has 0 radical (unpaired) electrons. The van der Waals surface area contributed by atoms with Crippen LogP contribution in [0.25, 0.3) is 0 Å². The number of hydrogen-bond donors (Lipinski definition) is 1. The van der Waals surface area contributed by atoms with Gasteiger partial charge in [0.25, 0.3) is 0 Å². The van der Waals surface area contributed by atoms with Crippen molar-refractivity contribution in [3.63, 3.8) is 0 Å². The Morgan fingerprint density at radius 1 is 1.44 bits per heavy atom. The van der Waals surface area contributed by atoms with Gasteiger partial charge in [-0.25, -0.2) is 4.79 Å². The highest BCUT2D eigenvalue weighted by Crippen LogP contribution is 2.42. The molecule has 1 amide bonds. The molecule has 0 bridgehead atoms. The van der Waals surface area contributed by atoms with Crippen LogP contribution in [0.1, 0.15) is 46.5 Å². The molecule has 2 rings (SSSR count). The monoisotopic (exact) mass is 254 g/mol. The predicted octanol–water partition coefficient (Wildman–Crippen LogP) is 2.39. The number of rotatable bonds is 3. The summed E-state index contributed by atoms with van der Waals surface area (Å²) in [6.45, 7) is 7.45. The van der Waals surface area contributed by atoms with E-state index in [1.807, 2.05) is 32.7 Å². The molecule has 0 spiro atoms. The van der Waals surface area contributed by atoms with E-state index < -0.39 is 5.60 Å². The third kappa shape index (κ3) is 3.37. The molecule has 1 aliphatic heterocycles. The lowest BCUT2D eigenvalue weighted by atomic mass is 9.97. The number of amides is 1. The maximum Gasteiger partial charge on any atom is 0.410 e. The number of carbonyl (C=O) groups excluding carboxylic acids is 1. The second-order valence-corrected chi connectivity index (χ2v) is 6.82. The molecule has 0 aromatic rings. The third-order valence-corrected chi connectivity index (χ3v) is 4.00. The van der Waals surface area contributed by atoms with Crippen LogP contribution in [0, 0.1) is 5.92 Å². The van der Waals surface area contributed by atoms with E-state index >= 15 is 0 Å². The van der Waals surface area contributed by atoms with Gasteiger partial charge >= 0.3 is 6.09 Å². The van der Waals surface area contributed by atoms with Crippen LogP contribution >= 0.6 is 0 Å². The quantitative estimate of drug-likeness (QED) is 0.841. The second kappa shape index (κ2) is 4.72. The average Bonchev–Trinajstić information content (AvgIpc) is 2.85. The summed E-state index contributed by atoms with van der Waals surface area (Å²) in [7, 11) is 2.05. The number of carbonyl (C=O) groups is 1. The lowest BCUT2D eigenvalue weighted by Gasteiger charge is -2.25. The molecule has 1 heterocycles. The molecule has 104 valence electrons. The molecule has 1 N–H and O–H groups in total. The lowest BCUT2D eigenvalue weighted by molar-refractivity contribution is 0.0286. The molecular weight excluding hydrogens is 228 g/mol. The van der Waals surface area contributed by atoms with Crippen LogP contribution in [-0.4, -0.2) is 42.3 Å². The summed E-state index contributed by atoms with van der Waals surface area (Å²) >= 11 is 0. The Labute approximate surface area is 110 Å². The summed E-state index contributed by atoms with van der Waals surface area (Å²) in [5.74, 6) is 0.632. The second-order valence-electron chi connectivity index (χ2n) is 6.82. The van der Waals surface area contributed by atoms with Crippen molar-refractivity contribution in [1.82, 2.24) is 10.2 Å². The van der Waals surface area contributed by atoms with Crippen LogP contribution in [0.4, 0.5) is 4.79 Å². The van der Waals surface area contributed by atoms with Gasteiger partial charge in [-0.2, -0.15) is 0 Å². The van der Waals surface area contributed by atoms with Crippen LogP contribution in [0.3, 0.4) is 0 Å². The van der Waals surface area contributed by atoms with Crippen molar-refractivity contribution in [2.45, 2.75) is 57.6 Å². The van der Waals surface area contributed by atoms with E-state index in [-0.39, 0.29) is 6.09 Å². The molecule has 18 heavy (non-hydrogen) atoms. The number of ether oxygens (including phenoxy) is 1. The van der Waals surface area contributed by atoms with E-state index in [4.69, 9.17) is 4.74 Å². The molecule has 0 aromatic carbocycles. The molecule has 0 aromatic heterocycles. The standard InChI is InChI=1S/C14H26N2O2/c1-13(2,3)18-12(17)16-8-5-11(10-16)9-14(15-4)6-7-14/h11,15H,5-10H2,1-4H3. The van der Waals surface area contributed by atoms with Crippen LogP contribution in [0.2, 0.25) is 0 Å². The maximum atomic E-state index is 11.9. The highest BCUT2D eigenvalue weighted by atomic mass is 16.6. The highest BCUT2D eigenvalue weighted by Gasteiger charge is 2.44. The zero-order valence-electron chi connectivity index (χ0n) is 12.1. The number of nitrogens with zero attached hydrogens (tertiary/aromatic N) is 1. The Hall–Kier alpha value is -0.770. The van der Waals surface area contributed by atoms with Crippen molar-refractivity contribution in [2.75, 3.05) is 20.1 Å². The molecule has 1 aliphatic carbocycles. The Morgan fingerprint density at radius 2 is 2.11 bits per heavy atom. The van der Waals surface area contributed by atoms with E-state index in [2.05, 4.69) is 5.32 Å². The smallest absolute Gasteiger partial charge is 0.410 e. The summed E-state index contributed by atoms with van der Waals surface area (Å²) in [5, 5.41) is 3.43. The van der Waals surface area contributed by atoms with Crippen molar-refractivity contribution >= 4 is 6.09 Å². The van der Waals surface area contributed by atoms with E-state index in [1.165, 1.54) is 19.3 Å². The maximum absolute atomic E-state index is 11.9. The number of likely N-dealkylation sites (tertiary alicyclic amines) is 1. The molecule has 1 unspecified atom stereocenters. The fraction of sp³-hybridized carbons (Fsp3) is 0.929.